The van der Waals surface area contributed by atoms with E-state index in [1.807, 2.05) is 0 Å². The van der Waals surface area contributed by atoms with E-state index in [1.54, 1.807) is 13.8 Å². The minimum absolute atomic E-state index is 0.122. The van der Waals surface area contributed by atoms with Crippen molar-refractivity contribution in [3.63, 3.8) is 0 Å². The molecule has 0 aliphatic rings. The fourth-order valence-corrected chi connectivity index (χ4v) is 2.09. The Balaban J connectivity index is 2.19. The smallest absolute Gasteiger partial charge is 0.273 e. The Kier molecular flexibility index (Phi) is 4.68. The van der Waals surface area contributed by atoms with Gasteiger partial charge in [0.05, 0.1) is 11.0 Å². The van der Waals surface area contributed by atoms with Crippen molar-refractivity contribution in [2.45, 2.75) is 19.9 Å². The highest BCUT2D eigenvalue weighted by Crippen LogP contribution is 2.21. The van der Waals surface area contributed by atoms with Crippen LogP contribution in [0.15, 0.2) is 36.4 Å². The van der Waals surface area contributed by atoms with Gasteiger partial charge in [0.1, 0.15) is 0 Å². The Morgan fingerprint density at radius 3 is 2.48 bits per heavy atom. The first-order valence-corrected chi connectivity index (χ1v) is 6.80. The van der Waals surface area contributed by atoms with E-state index >= 15 is 0 Å². The van der Waals surface area contributed by atoms with Gasteiger partial charge in [-0.05, 0) is 37.6 Å². The number of halogens is 2. The maximum Gasteiger partial charge on any atom is 0.273 e. The van der Waals surface area contributed by atoms with E-state index < -0.39 is 28.5 Å². The van der Waals surface area contributed by atoms with E-state index in [9.17, 15) is 23.7 Å². The lowest BCUT2D eigenvalue weighted by atomic mass is 10.1. The Bertz CT molecular complexity index is 778. The number of benzene rings is 2. The molecule has 1 amide bonds. The number of rotatable bonds is 4. The van der Waals surface area contributed by atoms with E-state index in [-0.39, 0.29) is 11.3 Å². The minimum atomic E-state index is -1.01. The maximum atomic E-state index is 13.2. The van der Waals surface area contributed by atoms with Crippen molar-refractivity contribution in [1.29, 1.82) is 0 Å². The number of nitro benzene ring substituents is 1. The van der Waals surface area contributed by atoms with Crippen LogP contribution in [0.1, 0.15) is 34.5 Å². The molecule has 5 nitrogen and oxygen atoms in total. The van der Waals surface area contributed by atoms with Gasteiger partial charge in [-0.1, -0.05) is 12.1 Å². The van der Waals surface area contributed by atoms with Crippen molar-refractivity contribution in [1.82, 2.24) is 5.32 Å². The maximum absolute atomic E-state index is 13.2. The molecule has 0 aliphatic carbocycles. The molecule has 1 atom stereocenters. The second-order valence-electron chi connectivity index (χ2n) is 5.13. The summed E-state index contributed by atoms with van der Waals surface area (Å²) in [5.41, 5.74) is 0.800. The second kappa shape index (κ2) is 6.51. The molecule has 2 aromatic rings. The summed E-state index contributed by atoms with van der Waals surface area (Å²) in [5.74, 6) is -2.51. The molecule has 1 unspecified atom stereocenters. The van der Waals surface area contributed by atoms with Crippen molar-refractivity contribution < 1.29 is 18.5 Å². The van der Waals surface area contributed by atoms with Crippen LogP contribution in [-0.4, -0.2) is 10.8 Å². The van der Waals surface area contributed by atoms with Crippen LogP contribution in [-0.2, 0) is 0 Å². The summed E-state index contributed by atoms with van der Waals surface area (Å²) in [6, 6.07) is 6.88. The van der Waals surface area contributed by atoms with Crippen molar-refractivity contribution in [3.8, 4) is 0 Å². The van der Waals surface area contributed by atoms with E-state index in [0.717, 1.165) is 12.1 Å². The first-order chi connectivity index (χ1) is 10.8. The summed E-state index contributed by atoms with van der Waals surface area (Å²) in [7, 11) is 0. The Labute approximate surface area is 131 Å². The molecule has 1 N–H and O–H groups in total. The van der Waals surface area contributed by atoms with E-state index in [2.05, 4.69) is 5.32 Å². The molecule has 2 aromatic carbocycles. The predicted molar refractivity (Wildman–Crippen MR) is 80.1 cm³/mol. The number of aryl methyl sites for hydroxylation is 1. The SMILES string of the molecule is Cc1ccc(C(=O)NC(C)c2ccc(F)c(F)c2)cc1[N+](=O)[O-]. The molecular weight excluding hydrogens is 306 g/mol. The quantitative estimate of drug-likeness (QED) is 0.690. The highest BCUT2D eigenvalue weighted by atomic mass is 19.2. The van der Waals surface area contributed by atoms with Crippen LogP contribution in [0.5, 0.6) is 0 Å². The molecule has 0 saturated carbocycles. The highest BCUT2D eigenvalue weighted by Gasteiger charge is 2.17. The number of nitro groups is 1. The number of hydrogen-bond acceptors (Lipinski definition) is 3. The average molecular weight is 320 g/mol. The van der Waals surface area contributed by atoms with Gasteiger partial charge in [-0.15, -0.1) is 0 Å². The van der Waals surface area contributed by atoms with Gasteiger partial charge in [0, 0.05) is 17.2 Å². The zero-order valence-electron chi connectivity index (χ0n) is 12.5. The number of amides is 1. The fraction of sp³-hybridized carbons (Fsp3) is 0.188. The largest absolute Gasteiger partial charge is 0.346 e. The fourth-order valence-electron chi connectivity index (χ4n) is 2.09. The zero-order chi connectivity index (χ0) is 17.1. The van der Waals surface area contributed by atoms with Gasteiger partial charge in [-0.3, -0.25) is 14.9 Å². The van der Waals surface area contributed by atoms with Gasteiger partial charge in [0.15, 0.2) is 11.6 Å². The lowest BCUT2D eigenvalue weighted by Gasteiger charge is -2.14. The molecule has 0 aliphatic heterocycles. The van der Waals surface area contributed by atoms with Gasteiger partial charge in [-0.2, -0.15) is 0 Å². The molecule has 0 aromatic heterocycles. The predicted octanol–water partition coefficient (Wildman–Crippen LogP) is 3.67. The number of hydrogen-bond donors (Lipinski definition) is 1. The van der Waals surface area contributed by atoms with E-state index in [1.165, 1.54) is 24.3 Å². The number of nitrogens with zero attached hydrogens (tertiary/aromatic N) is 1. The van der Waals surface area contributed by atoms with Crippen molar-refractivity contribution in [2.75, 3.05) is 0 Å². The molecule has 0 radical (unpaired) electrons. The van der Waals surface area contributed by atoms with Gasteiger partial charge in [0.2, 0.25) is 0 Å². The van der Waals surface area contributed by atoms with Gasteiger partial charge in [-0.25, -0.2) is 8.78 Å². The number of nitrogens with one attached hydrogen (secondary N) is 1. The highest BCUT2D eigenvalue weighted by molar-refractivity contribution is 5.95. The molecule has 0 spiro atoms. The van der Waals surface area contributed by atoms with Crippen molar-refractivity contribution >= 4 is 11.6 Å². The van der Waals surface area contributed by atoms with Gasteiger partial charge < -0.3 is 5.32 Å². The Morgan fingerprint density at radius 1 is 1.17 bits per heavy atom. The summed E-state index contributed by atoms with van der Waals surface area (Å²) in [5, 5.41) is 13.5. The number of carbonyl (C=O) groups is 1. The Morgan fingerprint density at radius 2 is 1.87 bits per heavy atom. The molecule has 23 heavy (non-hydrogen) atoms. The second-order valence-corrected chi connectivity index (χ2v) is 5.13. The van der Waals surface area contributed by atoms with Crippen LogP contribution in [0.2, 0.25) is 0 Å². The van der Waals surface area contributed by atoms with E-state index in [0.29, 0.717) is 11.1 Å². The van der Waals surface area contributed by atoms with Crippen molar-refractivity contribution in [2.24, 2.45) is 0 Å². The van der Waals surface area contributed by atoms with Crippen LogP contribution in [0.25, 0.3) is 0 Å². The lowest BCUT2D eigenvalue weighted by molar-refractivity contribution is -0.385. The summed E-state index contributed by atoms with van der Waals surface area (Å²) in [4.78, 5) is 22.5. The number of carbonyl (C=O) groups excluding carboxylic acids is 1. The van der Waals surface area contributed by atoms with Gasteiger partial charge in [0.25, 0.3) is 11.6 Å². The first-order valence-electron chi connectivity index (χ1n) is 6.80. The first kappa shape index (κ1) is 16.5. The summed E-state index contributed by atoms with van der Waals surface area (Å²) in [6.07, 6.45) is 0. The van der Waals surface area contributed by atoms with Crippen LogP contribution >= 0.6 is 0 Å². The van der Waals surface area contributed by atoms with Crippen LogP contribution in [0.4, 0.5) is 14.5 Å². The molecule has 0 heterocycles. The van der Waals surface area contributed by atoms with Crippen LogP contribution in [0.3, 0.4) is 0 Å². The molecular formula is C16H14F2N2O3. The third-order valence-electron chi connectivity index (χ3n) is 3.46. The molecule has 2 rings (SSSR count). The summed E-state index contributed by atoms with van der Waals surface area (Å²) in [6.45, 7) is 3.18. The van der Waals surface area contributed by atoms with Crippen molar-refractivity contribution in [3.05, 3.63) is 74.8 Å². The molecule has 0 saturated heterocycles. The standard InChI is InChI=1S/C16H14F2N2O3/c1-9-3-4-12(8-15(9)20(22)23)16(21)19-10(2)11-5-6-13(17)14(18)7-11/h3-8,10H,1-2H3,(H,19,21). The van der Waals surface area contributed by atoms with Crippen LogP contribution in [0, 0.1) is 28.7 Å². The molecule has 7 heteroatoms. The monoisotopic (exact) mass is 320 g/mol. The lowest BCUT2D eigenvalue weighted by Crippen LogP contribution is -2.26. The zero-order valence-corrected chi connectivity index (χ0v) is 12.5. The molecule has 120 valence electrons. The normalized spacial score (nSPS) is 11.8. The third-order valence-corrected chi connectivity index (χ3v) is 3.46. The van der Waals surface area contributed by atoms with Gasteiger partial charge >= 0.3 is 0 Å². The van der Waals surface area contributed by atoms with Crippen LogP contribution < -0.4 is 5.32 Å². The topological polar surface area (TPSA) is 72.2 Å². The summed E-state index contributed by atoms with van der Waals surface area (Å²) >= 11 is 0. The average Bonchev–Trinajstić information content (AvgIpc) is 2.49. The molecule has 0 fully saturated rings. The third kappa shape index (κ3) is 3.68. The van der Waals surface area contributed by atoms with E-state index in [4.69, 9.17) is 0 Å². The Hall–Kier alpha value is -2.83. The minimum Gasteiger partial charge on any atom is -0.346 e. The summed E-state index contributed by atoms with van der Waals surface area (Å²) < 4.78 is 26.1. The molecule has 0 bridgehead atoms.